The summed E-state index contributed by atoms with van der Waals surface area (Å²) in [5.74, 6) is -3.77. The third kappa shape index (κ3) is 4.55. The molecule has 6 nitrogen and oxygen atoms in total. The fraction of sp³-hybridized carbons (Fsp3) is 0.600. The van der Waals surface area contributed by atoms with Crippen molar-refractivity contribution in [2.45, 2.75) is 25.3 Å². The summed E-state index contributed by atoms with van der Waals surface area (Å²) in [5, 5.41) is 2.65. The van der Waals surface area contributed by atoms with Gasteiger partial charge in [-0.3, -0.25) is 14.5 Å². The zero-order valence-corrected chi connectivity index (χ0v) is 17.6. The molecule has 2 amide bonds. The molecule has 1 aliphatic heterocycles. The molecule has 1 aromatic rings. The standard InChI is InChI=1S/C20H25BrF2N4O2/c21-13-1-2-16(24)12(7-13)11-26-3-5-27(6-4-26)17(28)10-25-19(29)18-14-8-20(22,23)9-15(14)18/h1-2,7,14-15,18H,3-6,8-11,24H2,(H,25,29). The van der Waals surface area contributed by atoms with Crippen LogP contribution < -0.4 is 11.1 Å². The molecule has 29 heavy (non-hydrogen) atoms. The molecular formula is C20H25BrF2N4O2. The van der Waals surface area contributed by atoms with Gasteiger partial charge in [-0.2, -0.15) is 0 Å². The highest BCUT2D eigenvalue weighted by molar-refractivity contribution is 9.10. The van der Waals surface area contributed by atoms with E-state index in [-0.39, 0.29) is 49.0 Å². The first kappa shape index (κ1) is 20.5. The Morgan fingerprint density at radius 2 is 1.83 bits per heavy atom. The van der Waals surface area contributed by atoms with Crippen LogP contribution in [0.4, 0.5) is 14.5 Å². The van der Waals surface area contributed by atoms with Gasteiger partial charge in [-0.05, 0) is 35.6 Å². The Bertz CT molecular complexity index is 800. The van der Waals surface area contributed by atoms with Crippen molar-refractivity contribution in [3.63, 3.8) is 0 Å². The lowest BCUT2D eigenvalue weighted by Crippen LogP contribution is -2.51. The Hall–Kier alpha value is -1.74. The number of nitrogens with one attached hydrogen (secondary N) is 1. The predicted octanol–water partition coefficient (Wildman–Crippen LogP) is 2.08. The molecule has 3 fully saturated rings. The van der Waals surface area contributed by atoms with Crippen LogP contribution in [0.3, 0.4) is 0 Å². The monoisotopic (exact) mass is 470 g/mol. The van der Waals surface area contributed by atoms with Gasteiger partial charge in [0.25, 0.3) is 0 Å². The molecule has 9 heteroatoms. The normalized spacial score (nSPS) is 28.1. The lowest BCUT2D eigenvalue weighted by Gasteiger charge is -2.35. The first-order chi connectivity index (χ1) is 13.7. The molecule has 2 unspecified atom stereocenters. The average Bonchev–Trinajstić information content (AvgIpc) is 3.21. The summed E-state index contributed by atoms with van der Waals surface area (Å²) in [5.41, 5.74) is 7.83. The smallest absolute Gasteiger partial charge is 0.248 e. The second kappa shape index (κ2) is 7.83. The van der Waals surface area contributed by atoms with Crippen molar-refractivity contribution in [2.75, 3.05) is 38.5 Å². The third-order valence-electron chi connectivity index (χ3n) is 6.34. The number of anilines is 1. The Balaban J connectivity index is 1.19. The summed E-state index contributed by atoms with van der Waals surface area (Å²) in [6.45, 7) is 3.29. The van der Waals surface area contributed by atoms with E-state index in [1.54, 1.807) is 4.90 Å². The van der Waals surface area contributed by atoms with Gasteiger partial charge in [-0.1, -0.05) is 15.9 Å². The van der Waals surface area contributed by atoms with Crippen LogP contribution in [-0.4, -0.2) is 60.3 Å². The number of benzene rings is 1. The third-order valence-corrected chi connectivity index (χ3v) is 6.83. The van der Waals surface area contributed by atoms with E-state index in [1.807, 2.05) is 18.2 Å². The lowest BCUT2D eigenvalue weighted by atomic mass is 10.1. The number of hydrogen-bond acceptors (Lipinski definition) is 4. The molecule has 0 bridgehead atoms. The van der Waals surface area contributed by atoms with Crippen molar-refractivity contribution in [3.8, 4) is 0 Å². The van der Waals surface area contributed by atoms with Crippen LogP contribution in [0, 0.1) is 17.8 Å². The first-order valence-corrected chi connectivity index (χ1v) is 10.7. The highest BCUT2D eigenvalue weighted by Crippen LogP contribution is 2.62. The van der Waals surface area contributed by atoms with Crippen molar-refractivity contribution < 1.29 is 18.4 Å². The molecule has 0 radical (unpaired) electrons. The predicted molar refractivity (Wildman–Crippen MR) is 108 cm³/mol. The van der Waals surface area contributed by atoms with Crippen LogP contribution in [-0.2, 0) is 16.1 Å². The van der Waals surface area contributed by atoms with Crippen molar-refractivity contribution in [3.05, 3.63) is 28.2 Å². The molecule has 1 saturated heterocycles. The first-order valence-electron chi connectivity index (χ1n) is 9.93. The van der Waals surface area contributed by atoms with Crippen LogP contribution in [0.25, 0.3) is 0 Å². The molecule has 2 atom stereocenters. The minimum atomic E-state index is -2.62. The summed E-state index contributed by atoms with van der Waals surface area (Å²) >= 11 is 3.46. The van der Waals surface area contributed by atoms with Crippen LogP contribution >= 0.6 is 15.9 Å². The molecule has 1 aromatic carbocycles. The molecule has 2 aliphatic carbocycles. The van der Waals surface area contributed by atoms with Gasteiger partial charge < -0.3 is 16.0 Å². The maximum atomic E-state index is 13.2. The topological polar surface area (TPSA) is 78.7 Å². The van der Waals surface area contributed by atoms with Gasteiger partial charge in [-0.25, -0.2) is 8.78 Å². The van der Waals surface area contributed by atoms with E-state index in [1.165, 1.54) is 0 Å². The van der Waals surface area contributed by atoms with E-state index < -0.39 is 5.92 Å². The van der Waals surface area contributed by atoms with E-state index in [4.69, 9.17) is 5.73 Å². The minimum Gasteiger partial charge on any atom is -0.398 e. The van der Waals surface area contributed by atoms with Crippen molar-refractivity contribution >= 4 is 33.4 Å². The zero-order valence-electron chi connectivity index (χ0n) is 16.0. The maximum absolute atomic E-state index is 13.2. The number of amides is 2. The molecule has 4 rings (SSSR count). The lowest BCUT2D eigenvalue weighted by molar-refractivity contribution is -0.135. The number of fused-ring (bicyclic) bond motifs is 1. The van der Waals surface area contributed by atoms with Gasteiger partial charge in [0, 0.05) is 61.6 Å². The molecule has 0 aromatic heterocycles. The number of alkyl halides is 2. The molecule has 158 valence electrons. The zero-order chi connectivity index (χ0) is 20.8. The molecule has 1 heterocycles. The number of carbonyl (C=O) groups is 2. The Labute approximate surface area is 176 Å². The van der Waals surface area contributed by atoms with Crippen LogP contribution in [0.15, 0.2) is 22.7 Å². The average molecular weight is 471 g/mol. The number of nitrogens with zero attached hydrogens (tertiary/aromatic N) is 2. The number of rotatable bonds is 5. The van der Waals surface area contributed by atoms with Crippen LogP contribution in [0.1, 0.15) is 18.4 Å². The molecule has 0 spiro atoms. The van der Waals surface area contributed by atoms with E-state index in [0.717, 1.165) is 35.4 Å². The fourth-order valence-electron chi connectivity index (χ4n) is 4.66. The van der Waals surface area contributed by atoms with Crippen molar-refractivity contribution in [1.82, 2.24) is 15.1 Å². The van der Waals surface area contributed by atoms with E-state index in [2.05, 4.69) is 26.1 Å². The molecule has 3 N–H and O–H groups in total. The van der Waals surface area contributed by atoms with Gasteiger partial charge in [0.15, 0.2) is 0 Å². The van der Waals surface area contributed by atoms with Gasteiger partial charge >= 0.3 is 0 Å². The maximum Gasteiger partial charge on any atom is 0.248 e. The largest absolute Gasteiger partial charge is 0.398 e. The Morgan fingerprint density at radius 1 is 1.17 bits per heavy atom. The van der Waals surface area contributed by atoms with Crippen molar-refractivity contribution in [2.24, 2.45) is 17.8 Å². The van der Waals surface area contributed by atoms with Gasteiger partial charge in [0.2, 0.25) is 17.7 Å². The van der Waals surface area contributed by atoms with Gasteiger partial charge in [0.05, 0.1) is 6.54 Å². The number of halogens is 3. The second-order valence-electron chi connectivity index (χ2n) is 8.34. The van der Waals surface area contributed by atoms with E-state index >= 15 is 0 Å². The quantitative estimate of drug-likeness (QED) is 0.645. The summed E-state index contributed by atoms with van der Waals surface area (Å²) in [6, 6.07) is 5.78. The SMILES string of the molecule is Nc1ccc(Br)cc1CN1CCN(C(=O)CNC(=O)C2C3CC(F)(F)CC32)CC1. The number of nitrogen functional groups attached to an aromatic ring is 1. The Kier molecular flexibility index (Phi) is 5.54. The molecule has 2 saturated carbocycles. The number of piperazine rings is 1. The summed E-state index contributed by atoms with van der Waals surface area (Å²) in [6.07, 6.45) is -0.400. The highest BCUT2D eigenvalue weighted by atomic mass is 79.9. The van der Waals surface area contributed by atoms with Gasteiger partial charge in [0.1, 0.15) is 0 Å². The van der Waals surface area contributed by atoms with E-state index in [0.29, 0.717) is 13.1 Å². The van der Waals surface area contributed by atoms with Crippen molar-refractivity contribution in [1.29, 1.82) is 0 Å². The van der Waals surface area contributed by atoms with Crippen LogP contribution in [0.2, 0.25) is 0 Å². The van der Waals surface area contributed by atoms with Crippen LogP contribution in [0.5, 0.6) is 0 Å². The number of nitrogens with two attached hydrogens (primary N) is 1. The summed E-state index contributed by atoms with van der Waals surface area (Å²) in [7, 11) is 0. The fourth-order valence-corrected chi connectivity index (χ4v) is 5.07. The highest BCUT2D eigenvalue weighted by Gasteiger charge is 2.65. The molecule has 3 aliphatic rings. The number of hydrogen-bond donors (Lipinski definition) is 2. The minimum absolute atomic E-state index is 0.0657. The van der Waals surface area contributed by atoms with E-state index in [9.17, 15) is 18.4 Å². The second-order valence-corrected chi connectivity index (χ2v) is 9.25. The molecular weight excluding hydrogens is 446 g/mol. The summed E-state index contributed by atoms with van der Waals surface area (Å²) < 4.78 is 27.4. The van der Waals surface area contributed by atoms with Gasteiger partial charge in [-0.15, -0.1) is 0 Å². The Morgan fingerprint density at radius 3 is 2.48 bits per heavy atom. The number of carbonyl (C=O) groups excluding carboxylic acids is 2. The summed E-state index contributed by atoms with van der Waals surface area (Å²) in [4.78, 5) is 28.6.